The first-order valence-electron chi connectivity index (χ1n) is 13.1. The highest BCUT2D eigenvalue weighted by Crippen LogP contribution is 2.37. The van der Waals surface area contributed by atoms with Crippen LogP contribution in [0, 0.1) is 0 Å². The van der Waals surface area contributed by atoms with E-state index in [4.69, 9.17) is 9.73 Å². The van der Waals surface area contributed by atoms with E-state index in [1.807, 2.05) is 48.5 Å². The monoisotopic (exact) mass is 497 g/mol. The number of aliphatic imine (C=N–C) groups is 1. The van der Waals surface area contributed by atoms with Crippen LogP contribution in [0.5, 0.6) is 0 Å². The summed E-state index contributed by atoms with van der Waals surface area (Å²) in [6.07, 6.45) is 2.27. The third-order valence-corrected chi connectivity index (χ3v) is 6.41. The van der Waals surface area contributed by atoms with Crippen molar-refractivity contribution in [3.8, 4) is 0 Å². The van der Waals surface area contributed by atoms with Gasteiger partial charge in [-0.15, -0.1) is 0 Å². The van der Waals surface area contributed by atoms with E-state index < -0.39 is 11.9 Å². The highest BCUT2D eigenvalue weighted by atomic mass is 16.5. The summed E-state index contributed by atoms with van der Waals surface area (Å²) in [6.45, 7) is 9.56. The third kappa shape index (κ3) is 6.33. The fourth-order valence-corrected chi connectivity index (χ4v) is 4.76. The van der Waals surface area contributed by atoms with E-state index in [0.717, 1.165) is 49.3 Å². The Hall–Kier alpha value is -3.77. The van der Waals surface area contributed by atoms with E-state index >= 15 is 0 Å². The fraction of sp³-hybridized carbons (Fsp3) is 0.323. The number of ether oxygens (including phenoxy) is 1. The van der Waals surface area contributed by atoms with Crippen LogP contribution < -0.4 is 5.32 Å². The summed E-state index contributed by atoms with van der Waals surface area (Å²) in [7, 11) is 0. The average Bonchev–Trinajstić information content (AvgIpc) is 3.24. The number of fused-ring (bicyclic) bond motifs is 1. The van der Waals surface area contributed by atoms with Crippen LogP contribution in [-0.2, 0) is 16.1 Å². The van der Waals surface area contributed by atoms with E-state index in [9.17, 15) is 9.59 Å². The van der Waals surface area contributed by atoms with E-state index in [2.05, 4.69) is 36.2 Å². The van der Waals surface area contributed by atoms with E-state index in [-0.39, 0.29) is 5.91 Å². The molecule has 0 bridgehead atoms. The molecule has 0 aromatic heterocycles. The molecule has 0 saturated heterocycles. The van der Waals surface area contributed by atoms with Gasteiger partial charge in [0.15, 0.2) is 0 Å². The summed E-state index contributed by atoms with van der Waals surface area (Å²) >= 11 is 0. The van der Waals surface area contributed by atoms with Gasteiger partial charge in [0.05, 0.1) is 23.6 Å². The Labute approximate surface area is 219 Å². The number of benzene rings is 3. The number of nitrogens with zero attached hydrogens (tertiary/aromatic N) is 2. The maximum absolute atomic E-state index is 13.2. The number of carbonyl (C=O) groups is 2. The Morgan fingerprint density at radius 3 is 2.27 bits per heavy atom. The summed E-state index contributed by atoms with van der Waals surface area (Å²) in [5, 5.41) is 2.94. The second kappa shape index (κ2) is 12.5. The van der Waals surface area contributed by atoms with Gasteiger partial charge in [-0.3, -0.25) is 14.7 Å². The molecule has 6 heteroatoms. The Balaban J connectivity index is 1.67. The number of hydrogen-bond donors (Lipinski definition) is 1. The molecule has 1 amide bonds. The van der Waals surface area contributed by atoms with Gasteiger partial charge < -0.3 is 10.1 Å². The first-order valence-corrected chi connectivity index (χ1v) is 13.1. The van der Waals surface area contributed by atoms with Crippen molar-refractivity contribution in [2.24, 2.45) is 4.99 Å². The van der Waals surface area contributed by atoms with Crippen molar-refractivity contribution < 1.29 is 14.3 Å². The lowest BCUT2D eigenvalue weighted by atomic mass is 9.90. The van der Waals surface area contributed by atoms with Crippen LogP contribution in [0.4, 0.5) is 11.4 Å². The predicted molar refractivity (Wildman–Crippen MR) is 149 cm³/mol. The second-order valence-corrected chi connectivity index (χ2v) is 9.25. The van der Waals surface area contributed by atoms with Crippen LogP contribution in [0.2, 0.25) is 0 Å². The quantitative estimate of drug-likeness (QED) is 0.248. The highest BCUT2D eigenvalue weighted by molar-refractivity contribution is 6.24. The van der Waals surface area contributed by atoms with Crippen molar-refractivity contribution in [1.29, 1.82) is 0 Å². The van der Waals surface area contributed by atoms with Gasteiger partial charge in [0.1, 0.15) is 5.92 Å². The topological polar surface area (TPSA) is 71.0 Å². The van der Waals surface area contributed by atoms with Gasteiger partial charge in [-0.25, -0.2) is 4.79 Å². The highest BCUT2D eigenvalue weighted by Gasteiger charge is 2.36. The van der Waals surface area contributed by atoms with Crippen molar-refractivity contribution in [2.75, 3.05) is 25.0 Å². The molecule has 0 aliphatic carbocycles. The molecule has 4 rings (SSSR count). The average molecular weight is 498 g/mol. The van der Waals surface area contributed by atoms with Crippen LogP contribution >= 0.6 is 0 Å². The zero-order valence-corrected chi connectivity index (χ0v) is 21.9. The number of rotatable bonds is 11. The molecule has 0 spiro atoms. The van der Waals surface area contributed by atoms with Crippen LogP contribution in [0.3, 0.4) is 0 Å². The molecule has 0 radical (unpaired) electrons. The van der Waals surface area contributed by atoms with Crippen LogP contribution in [0.15, 0.2) is 77.8 Å². The number of nitrogens with one attached hydrogen (secondary N) is 1. The van der Waals surface area contributed by atoms with E-state index in [1.54, 1.807) is 19.1 Å². The van der Waals surface area contributed by atoms with Gasteiger partial charge in [0.25, 0.3) is 0 Å². The number of hydrogen-bond acceptors (Lipinski definition) is 5. The zero-order chi connectivity index (χ0) is 26.2. The summed E-state index contributed by atoms with van der Waals surface area (Å²) in [4.78, 5) is 32.9. The molecule has 0 saturated carbocycles. The van der Waals surface area contributed by atoms with Crippen molar-refractivity contribution >= 4 is 29.0 Å². The molecule has 3 aromatic rings. The summed E-state index contributed by atoms with van der Waals surface area (Å²) in [5.41, 5.74) is 5.43. The standard InChI is InChI=1S/C31H35N3O3/c1-4-18-34(19-5-2)21-22-12-15-25(16-13-22)32-29(23-10-8-7-9-11-23)28-26-17-14-24(31(36)37-6-3)20-27(26)33-30(28)35/h7-17,20,28H,4-6,18-19,21H2,1-3H3,(H,33,35). The molecule has 1 unspecified atom stereocenters. The summed E-state index contributed by atoms with van der Waals surface area (Å²) in [5.74, 6) is -1.15. The van der Waals surface area contributed by atoms with Crippen LogP contribution in [0.25, 0.3) is 0 Å². The second-order valence-electron chi connectivity index (χ2n) is 9.25. The molecule has 192 valence electrons. The van der Waals surface area contributed by atoms with Crippen LogP contribution in [-0.4, -0.2) is 42.2 Å². The van der Waals surface area contributed by atoms with E-state index in [0.29, 0.717) is 23.6 Å². The Morgan fingerprint density at radius 1 is 0.919 bits per heavy atom. The molecule has 6 nitrogen and oxygen atoms in total. The van der Waals surface area contributed by atoms with Crippen molar-refractivity contribution in [2.45, 2.75) is 46.1 Å². The molecule has 1 heterocycles. The molecule has 3 aromatic carbocycles. The molecule has 1 N–H and O–H groups in total. The van der Waals surface area contributed by atoms with Crippen molar-refractivity contribution in [1.82, 2.24) is 4.90 Å². The maximum atomic E-state index is 13.2. The smallest absolute Gasteiger partial charge is 0.338 e. The number of carbonyl (C=O) groups excluding carboxylic acids is 2. The first-order chi connectivity index (χ1) is 18.0. The normalized spacial score (nSPS) is 15.0. The minimum Gasteiger partial charge on any atom is -0.462 e. The zero-order valence-electron chi connectivity index (χ0n) is 21.9. The van der Waals surface area contributed by atoms with Crippen LogP contribution in [0.1, 0.15) is 66.6 Å². The number of esters is 1. The molecule has 37 heavy (non-hydrogen) atoms. The summed E-state index contributed by atoms with van der Waals surface area (Å²) in [6, 6.07) is 23.3. The molecule has 1 aliphatic rings. The lowest BCUT2D eigenvalue weighted by Gasteiger charge is -2.21. The van der Waals surface area contributed by atoms with Gasteiger partial charge in [-0.1, -0.05) is 62.4 Å². The van der Waals surface area contributed by atoms with Gasteiger partial charge in [-0.05, 0) is 73.8 Å². The van der Waals surface area contributed by atoms with E-state index in [1.165, 1.54) is 5.56 Å². The maximum Gasteiger partial charge on any atom is 0.338 e. The molecule has 1 atom stereocenters. The van der Waals surface area contributed by atoms with Gasteiger partial charge in [0, 0.05) is 12.2 Å². The minimum absolute atomic E-state index is 0.162. The van der Waals surface area contributed by atoms with Gasteiger partial charge >= 0.3 is 5.97 Å². The molecular weight excluding hydrogens is 462 g/mol. The third-order valence-electron chi connectivity index (χ3n) is 6.41. The Kier molecular flexibility index (Phi) is 8.86. The first kappa shape index (κ1) is 26.3. The summed E-state index contributed by atoms with van der Waals surface area (Å²) < 4.78 is 5.12. The number of amides is 1. The van der Waals surface area contributed by atoms with Gasteiger partial charge in [0.2, 0.25) is 5.91 Å². The SMILES string of the molecule is CCCN(CCC)Cc1ccc(N=C(c2ccccc2)C2C(=O)Nc3cc(C(=O)OCC)ccc32)cc1. The molecular formula is C31H35N3O3. The fourth-order valence-electron chi connectivity index (χ4n) is 4.76. The number of anilines is 1. The molecule has 1 aliphatic heterocycles. The lowest BCUT2D eigenvalue weighted by Crippen LogP contribution is -2.24. The van der Waals surface area contributed by atoms with Crippen molar-refractivity contribution in [3.63, 3.8) is 0 Å². The molecule has 0 fully saturated rings. The minimum atomic E-state index is -0.585. The Morgan fingerprint density at radius 2 is 1.62 bits per heavy atom. The Bertz CT molecular complexity index is 1250. The largest absolute Gasteiger partial charge is 0.462 e. The predicted octanol–water partition coefficient (Wildman–Crippen LogP) is 6.34. The lowest BCUT2D eigenvalue weighted by molar-refractivity contribution is -0.115. The van der Waals surface area contributed by atoms with Gasteiger partial charge in [-0.2, -0.15) is 0 Å². The van der Waals surface area contributed by atoms with Crippen molar-refractivity contribution in [3.05, 3.63) is 95.1 Å².